The summed E-state index contributed by atoms with van der Waals surface area (Å²) in [5.41, 5.74) is 1.04. The van der Waals surface area contributed by atoms with Crippen molar-refractivity contribution in [1.82, 2.24) is 10.2 Å². The van der Waals surface area contributed by atoms with Crippen molar-refractivity contribution in [2.75, 3.05) is 30.6 Å². The molecule has 0 unspecified atom stereocenters. The van der Waals surface area contributed by atoms with Crippen LogP contribution in [-0.4, -0.2) is 57.5 Å². The zero-order chi connectivity index (χ0) is 29.4. The molecule has 11 heteroatoms. The molecule has 1 atom stereocenters. The van der Waals surface area contributed by atoms with Crippen molar-refractivity contribution < 1.29 is 27.5 Å². The number of fused-ring (bicyclic) bond motifs is 1. The van der Waals surface area contributed by atoms with Gasteiger partial charge in [-0.05, 0) is 55.3 Å². The number of amides is 2. The maximum atomic E-state index is 14.0. The summed E-state index contributed by atoms with van der Waals surface area (Å²) in [7, 11) is -4.17. The molecule has 1 heterocycles. The molecule has 0 bridgehead atoms. The fourth-order valence-corrected chi connectivity index (χ4v) is 6.03. The molecule has 0 spiro atoms. The maximum absolute atomic E-state index is 14.0. The van der Waals surface area contributed by atoms with E-state index >= 15 is 0 Å². The van der Waals surface area contributed by atoms with Gasteiger partial charge in [0.1, 0.15) is 25.8 Å². The Bertz CT molecular complexity index is 1450. The fraction of sp³-hybridized carbons (Fsp3) is 0.333. The van der Waals surface area contributed by atoms with Crippen LogP contribution in [0.15, 0.2) is 82.2 Å². The Morgan fingerprint density at radius 1 is 0.976 bits per heavy atom. The van der Waals surface area contributed by atoms with E-state index in [9.17, 15) is 18.0 Å². The molecule has 0 radical (unpaired) electrons. The summed E-state index contributed by atoms with van der Waals surface area (Å²) in [6, 6.07) is 19.3. The largest absolute Gasteiger partial charge is 0.486 e. The lowest BCUT2D eigenvalue weighted by molar-refractivity contribution is -0.139. The smallest absolute Gasteiger partial charge is 0.264 e. The Balaban J connectivity index is 1.70. The van der Waals surface area contributed by atoms with Gasteiger partial charge in [0.15, 0.2) is 11.5 Å². The lowest BCUT2D eigenvalue weighted by atomic mass is 10.1. The van der Waals surface area contributed by atoms with E-state index in [4.69, 9.17) is 9.47 Å². The SMILES string of the molecule is CCCCNC(=O)[C@H](C)N(Cc1ccc(Br)cc1)C(=O)CN(c1ccc2c(c1)OCCO2)S(=O)(=O)c1ccccc1. The van der Waals surface area contributed by atoms with Gasteiger partial charge in [0.25, 0.3) is 10.0 Å². The summed E-state index contributed by atoms with van der Waals surface area (Å²) < 4.78 is 41.1. The molecule has 1 aliphatic heterocycles. The minimum Gasteiger partial charge on any atom is -0.486 e. The molecule has 1 N–H and O–H groups in total. The molecule has 0 saturated heterocycles. The van der Waals surface area contributed by atoms with Gasteiger partial charge in [0.2, 0.25) is 11.8 Å². The monoisotopic (exact) mass is 643 g/mol. The maximum Gasteiger partial charge on any atom is 0.264 e. The Hall–Kier alpha value is -3.57. The third-order valence-corrected chi connectivity index (χ3v) is 9.00. The first-order valence-electron chi connectivity index (χ1n) is 13.5. The Kier molecular flexibility index (Phi) is 10.3. The molecule has 9 nitrogen and oxygen atoms in total. The zero-order valence-corrected chi connectivity index (χ0v) is 25.5. The predicted octanol–water partition coefficient (Wildman–Crippen LogP) is 4.75. The summed E-state index contributed by atoms with van der Waals surface area (Å²) in [6.45, 7) is 4.48. The molecule has 218 valence electrons. The molecule has 0 saturated carbocycles. The van der Waals surface area contributed by atoms with Crippen LogP contribution >= 0.6 is 15.9 Å². The van der Waals surface area contributed by atoms with Gasteiger partial charge < -0.3 is 19.7 Å². The van der Waals surface area contributed by atoms with E-state index in [1.165, 1.54) is 17.0 Å². The molecule has 4 rings (SSSR count). The van der Waals surface area contributed by atoms with Gasteiger partial charge in [-0.15, -0.1) is 0 Å². The van der Waals surface area contributed by atoms with Crippen molar-refractivity contribution in [3.63, 3.8) is 0 Å². The number of hydrogen-bond donors (Lipinski definition) is 1. The lowest BCUT2D eigenvalue weighted by Crippen LogP contribution is -2.51. The summed E-state index contributed by atoms with van der Waals surface area (Å²) in [5.74, 6) is 0.0589. The minimum atomic E-state index is -4.17. The number of anilines is 1. The number of nitrogens with zero attached hydrogens (tertiary/aromatic N) is 2. The zero-order valence-electron chi connectivity index (χ0n) is 23.1. The van der Waals surface area contributed by atoms with Crippen molar-refractivity contribution in [2.45, 2.75) is 44.2 Å². The highest BCUT2D eigenvalue weighted by molar-refractivity contribution is 9.10. The van der Waals surface area contributed by atoms with Crippen LogP contribution in [-0.2, 0) is 26.2 Å². The summed E-state index contributed by atoms with van der Waals surface area (Å²) in [6.07, 6.45) is 1.73. The van der Waals surface area contributed by atoms with Crippen LogP contribution < -0.4 is 19.1 Å². The van der Waals surface area contributed by atoms with Gasteiger partial charge in [0, 0.05) is 23.6 Å². The molecular formula is C30H34BrN3O6S. The number of carbonyl (C=O) groups excluding carboxylic acids is 2. The van der Waals surface area contributed by atoms with E-state index in [0.717, 1.165) is 27.2 Å². The number of hydrogen-bond acceptors (Lipinski definition) is 6. The second-order valence-electron chi connectivity index (χ2n) is 9.62. The van der Waals surface area contributed by atoms with E-state index in [-0.39, 0.29) is 23.0 Å². The van der Waals surface area contributed by atoms with Crippen LogP contribution in [0, 0.1) is 0 Å². The first kappa shape index (κ1) is 30.4. The van der Waals surface area contributed by atoms with Crippen molar-refractivity contribution >= 4 is 43.5 Å². The molecule has 2 amide bonds. The molecule has 3 aromatic rings. The quantitative estimate of drug-likeness (QED) is 0.286. The number of sulfonamides is 1. The predicted molar refractivity (Wildman–Crippen MR) is 160 cm³/mol. The van der Waals surface area contributed by atoms with Crippen molar-refractivity contribution in [1.29, 1.82) is 0 Å². The van der Waals surface area contributed by atoms with Crippen molar-refractivity contribution in [3.8, 4) is 11.5 Å². The van der Waals surface area contributed by atoms with Crippen molar-refractivity contribution in [3.05, 3.63) is 82.8 Å². The van der Waals surface area contributed by atoms with Gasteiger partial charge in [0.05, 0.1) is 10.6 Å². The van der Waals surface area contributed by atoms with Crippen LogP contribution in [0.2, 0.25) is 0 Å². The molecule has 0 fully saturated rings. The van der Waals surface area contributed by atoms with Gasteiger partial charge >= 0.3 is 0 Å². The number of nitrogens with one attached hydrogen (secondary N) is 1. The van der Waals surface area contributed by atoms with E-state index in [1.54, 1.807) is 43.3 Å². The number of ether oxygens (including phenoxy) is 2. The normalized spacial score (nSPS) is 13.2. The number of halogens is 1. The highest BCUT2D eigenvalue weighted by Gasteiger charge is 2.33. The Morgan fingerprint density at radius 3 is 2.34 bits per heavy atom. The van der Waals surface area contributed by atoms with Gasteiger partial charge in [-0.1, -0.05) is 59.6 Å². The summed E-state index contributed by atoms with van der Waals surface area (Å²) in [5, 5.41) is 2.89. The van der Waals surface area contributed by atoms with E-state index < -0.39 is 28.5 Å². The van der Waals surface area contributed by atoms with Crippen LogP contribution in [0.1, 0.15) is 32.3 Å². The van der Waals surface area contributed by atoms with Gasteiger partial charge in [-0.3, -0.25) is 13.9 Å². The standard InChI is InChI=1S/C30H34BrN3O6S/c1-3-4-16-32-30(36)22(2)33(20-23-10-12-24(31)13-11-23)29(35)21-34(41(37,38)26-8-6-5-7-9-26)25-14-15-27-28(19-25)40-18-17-39-27/h5-15,19,22H,3-4,16-18,20-21H2,1-2H3,(H,32,36)/t22-/m0/s1. The Labute approximate surface area is 249 Å². The number of benzene rings is 3. The van der Waals surface area contributed by atoms with Gasteiger partial charge in [-0.2, -0.15) is 0 Å². The first-order valence-corrected chi connectivity index (χ1v) is 15.7. The molecule has 1 aliphatic rings. The summed E-state index contributed by atoms with van der Waals surface area (Å²) in [4.78, 5) is 28.5. The van der Waals surface area contributed by atoms with E-state index in [2.05, 4.69) is 21.2 Å². The third-order valence-electron chi connectivity index (χ3n) is 6.69. The highest BCUT2D eigenvalue weighted by atomic mass is 79.9. The molecule has 3 aromatic carbocycles. The lowest BCUT2D eigenvalue weighted by Gasteiger charge is -2.32. The van der Waals surface area contributed by atoms with Crippen LogP contribution in [0.3, 0.4) is 0 Å². The second kappa shape index (κ2) is 13.9. The molecule has 0 aromatic heterocycles. The Morgan fingerprint density at radius 2 is 1.66 bits per heavy atom. The minimum absolute atomic E-state index is 0.0347. The van der Waals surface area contributed by atoms with E-state index in [1.807, 2.05) is 31.2 Å². The topological polar surface area (TPSA) is 105 Å². The van der Waals surface area contributed by atoms with Crippen LogP contribution in [0.4, 0.5) is 5.69 Å². The molecule has 41 heavy (non-hydrogen) atoms. The summed E-state index contributed by atoms with van der Waals surface area (Å²) >= 11 is 3.42. The van der Waals surface area contributed by atoms with Gasteiger partial charge in [-0.25, -0.2) is 8.42 Å². The fourth-order valence-electron chi connectivity index (χ4n) is 4.34. The molecular weight excluding hydrogens is 610 g/mol. The van der Waals surface area contributed by atoms with Crippen LogP contribution in [0.5, 0.6) is 11.5 Å². The van der Waals surface area contributed by atoms with Crippen LogP contribution in [0.25, 0.3) is 0 Å². The highest BCUT2D eigenvalue weighted by Crippen LogP contribution is 2.36. The van der Waals surface area contributed by atoms with E-state index in [0.29, 0.717) is 31.3 Å². The second-order valence-corrected chi connectivity index (χ2v) is 12.4. The van der Waals surface area contributed by atoms with Crippen molar-refractivity contribution in [2.24, 2.45) is 0 Å². The average Bonchev–Trinajstić information content (AvgIpc) is 2.99. The third kappa shape index (κ3) is 7.59. The number of unbranched alkanes of at least 4 members (excludes halogenated alkanes) is 1. The number of rotatable bonds is 12. The molecule has 0 aliphatic carbocycles. The number of carbonyl (C=O) groups is 2. The average molecular weight is 645 g/mol. The first-order chi connectivity index (χ1) is 19.7.